The molecule has 0 aliphatic heterocycles. The average Bonchev–Trinajstić information content (AvgIpc) is 2.71. The summed E-state index contributed by atoms with van der Waals surface area (Å²) in [6.07, 6.45) is 1.14. The quantitative estimate of drug-likeness (QED) is 0.688. The van der Waals surface area contributed by atoms with Gasteiger partial charge in [-0.25, -0.2) is 0 Å². The molecule has 0 spiro atoms. The van der Waals surface area contributed by atoms with Crippen molar-refractivity contribution in [3.63, 3.8) is 0 Å². The SMILES string of the molecule is CCc1ccsc1-c1sccc1C. The summed E-state index contributed by atoms with van der Waals surface area (Å²) in [6.45, 7) is 4.40. The molecule has 0 fully saturated rings. The molecule has 0 aromatic carbocycles. The van der Waals surface area contributed by atoms with Crippen LogP contribution in [-0.4, -0.2) is 0 Å². The zero-order valence-corrected chi connectivity index (χ0v) is 9.47. The summed E-state index contributed by atoms with van der Waals surface area (Å²) in [5, 5.41) is 4.36. The van der Waals surface area contributed by atoms with E-state index in [0.717, 1.165) is 6.42 Å². The highest BCUT2D eigenvalue weighted by Crippen LogP contribution is 2.35. The van der Waals surface area contributed by atoms with E-state index >= 15 is 0 Å². The Morgan fingerprint density at radius 2 is 1.77 bits per heavy atom. The molecule has 2 rings (SSSR count). The van der Waals surface area contributed by atoms with Gasteiger partial charge in [-0.3, -0.25) is 0 Å². The second-order valence-corrected chi connectivity index (χ2v) is 4.89. The molecule has 0 unspecified atom stereocenters. The molecule has 2 heterocycles. The molecule has 2 aromatic rings. The average molecular weight is 208 g/mol. The van der Waals surface area contributed by atoms with Crippen LogP contribution in [-0.2, 0) is 6.42 Å². The van der Waals surface area contributed by atoms with Crippen LogP contribution in [0.3, 0.4) is 0 Å². The van der Waals surface area contributed by atoms with E-state index in [0.29, 0.717) is 0 Å². The molecule has 0 nitrogen and oxygen atoms in total. The molecule has 0 atom stereocenters. The minimum Gasteiger partial charge on any atom is -0.143 e. The molecule has 0 amide bonds. The van der Waals surface area contributed by atoms with Gasteiger partial charge in [0.15, 0.2) is 0 Å². The molecular weight excluding hydrogens is 196 g/mol. The number of hydrogen-bond acceptors (Lipinski definition) is 2. The van der Waals surface area contributed by atoms with Gasteiger partial charge in [-0.15, -0.1) is 22.7 Å². The maximum Gasteiger partial charge on any atom is 0.0477 e. The summed E-state index contributed by atoms with van der Waals surface area (Å²) < 4.78 is 0. The predicted molar refractivity (Wildman–Crippen MR) is 61.7 cm³/mol. The fraction of sp³-hybridized carbons (Fsp3) is 0.273. The lowest BCUT2D eigenvalue weighted by Gasteiger charge is -1.99. The van der Waals surface area contributed by atoms with E-state index in [4.69, 9.17) is 0 Å². The van der Waals surface area contributed by atoms with Gasteiger partial charge in [0, 0.05) is 9.75 Å². The lowest BCUT2D eigenvalue weighted by Crippen LogP contribution is -1.78. The third kappa shape index (κ3) is 1.56. The molecule has 0 aliphatic carbocycles. The Labute approximate surface area is 86.9 Å². The lowest BCUT2D eigenvalue weighted by atomic mass is 10.1. The molecule has 0 N–H and O–H groups in total. The van der Waals surface area contributed by atoms with E-state index in [-0.39, 0.29) is 0 Å². The standard InChI is InChI=1S/C11H12S2/c1-3-9-5-7-13-11(9)10-8(2)4-6-12-10/h4-7H,3H2,1-2H3. The van der Waals surface area contributed by atoms with Crippen molar-refractivity contribution in [2.75, 3.05) is 0 Å². The van der Waals surface area contributed by atoms with Crippen molar-refractivity contribution in [3.05, 3.63) is 34.0 Å². The van der Waals surface area contributed by atoms with Crippen molar-refractivity contribution >= 4 is 22.7 Å². The second-order valence-electron chi connectivity index (χ2n) is 3.06. The first kappa shape index (κ1) is 8.97. The topological polar surface area (TPSA) is 0 Å². The monoisotopic (exact) mass is 208 g/mol. The molecule has 68 valence electrons. The molecule has 2 aromatic heterocycles. The van der Waals surface area contributed by atoms with Crippen LogP contribution in [0.25, 0.3) is 9.75 Å². The smallest absolute Gasteiger partial charge is 0.0477 e. The zero-order chi connectivity index (χ0) is 9.26. The Balaban J connectivity index is 2.52. The van der Waals surface area contributed by atoms with Crippen LogP contribution in [0.15, 0.2) is 22.9 Å². The highest BCUT2D eigenvalue weighted by atomic mass is 32.1. The van der Waals surface area contributed by atoms with Crippen LogP contribution >= 0.6 is 22.7 Å². The lowest BCUT2D eigenvalue weighted by molar-refractivity contribution is 1.16. The summed E-state index contributed by atoms with van der Waals surface area (Å²) in [5.41, 5.74) is 2.89. The number of thiophene rings is 2. The van der Waals surface area contributed by atoms with Crippen LogP contribution in [0.2, 0.25) is 0 Å². The molecule has 2 heteroatoms. The van der Waals surface area contributed by atoms with Crippen LogP contribution in [0.4, 0.5) is 0 Å². The fourth-order valence-electron chi connectivity index (χ4n) is 1.42. The largest absolute Gasteiger partial charge is 0.143 e. The van der Waals surface area contributed by atoms with Crippen molar-refractivity contribution in [1.29, 1.82) is 0 Å². The maximum atomic E-state index is 2.24. The van der Waals surface area contributed by atoms with Crippen LogP contribution in [0.1, 0.15) is 18.1 Å². The van der Waals surface area contributed by atoms with E-state index in [1.54, 1.807) is 0 Å². The maximum absolute atomic E-state index is 2.24. The molecule has 0 aliphatic rings. The molecule has 0 bridgehead atoms. The number of hydrogen-bond donors (Lipinski definition) is 0. The van der Waals surface area contributed by atoms with Crippen LogP contribution < -0.4 is 0 Å². The minimum absolute atomic E-state index is 1.14. The Kier molecular flexibility index (Phi) is 2.51. The molecule has 0 saturated carbocycles. The molecule has 0 radical (unpaired) electrons. The van der Waals surface area contributed by atoms with E-state index in [9.17, 15) is 0 Å². The van der Waals surface area contributed by atoms with Crippen molar-refractivity contribution in [2.24, 2.45) is 0 Å². The fourth-order valence-corrected chi connectivity index (χ4v) is 3.61. The Hall–Kier alpha value is -0.600. The summed E-state index contributed by atoms with van der Waals surface area (Å²) >= 11 is 3.70. The van der Waals surface area contributed by atoms with Gasteiger partial charge in [-0.05, 0) is 47.4 Å². The summed E-state index contributed by atoms with van der Waals surface area (Å²) in [7, 11) is 0. The Morgan fingerprint density at radius 3 is 2.38 bits per heavy atom. The third-order valence-electron chi connectivity index (χ3n) is 2.20. The summed E-state index contributed by atoms with van der Waals surface area (Å²) in [6, 6.07) is 4.43. The van der Waals surface area contributed by atoms with Crippen molar-refractivity contribution < 1.29 is 0 Å². The van der Waals surface area contributed by atoms with Gasteiger partial charge >= 0.3 is 0 Å². The predicted octanol–water partition coefficient (Wildman–Crippen LogP) is 4.35. The van der Waals surface area contributed by atoms with Crippen molar-refractivity contribution in [2.45, 2.75) is 20.3 Å². The highest BCUT2D eigenvalue weighted by Gasteiger charge is 2.08. The summed E-state index contributed by atoms with van der Waals surface area (Å²) in [5.74, 6) is 0. The zero-order valence-electron chi connectivity index (χ0n) is 7.83. The van der Waals surface area contributed by atoms with Gasteiger partial charge in [0.05, 0.1) is 0 Å². The Morgan fingerprint density at radius 1 is 1.08 bits per heavy atom. The molecular formula is C11H12S2. The minimum atomic E-state index is 1.14. The van der Waals surface area contributed by atoms with Gasteiger partial charge in [0.2, 0.25) is 0 Å². The van der Waals surface area contributed by atoms with E-state index in [1.165, 1.54) is 20.9 Å². The van der Waals surface area contributed by atoms with E-state index in [2.05, 4.69) is 36.7 Å². The van der Waals surface area contributed by atoms with Crippen molar-refractivity contribution in [1.82, 2.24) is 0 Å². The van der Waals surface area contributed by atoms with Gasteiger partial charge in [0.1, 0.15) is 0 Å². The van der Waals surface area contributed by atoms with E-state index in [1.807, 2.05) is 22.7 Å². The normalized spacial score (nSPS) is 10.6. The molecule has 13 heavy (non-hydrogen) atoms. The van der Waals surface area contributed by atoms with Gasteiger partial charge in [0.25, 0.3) is 0 Å². The first-order chi connectivity index (χ1) is 6.33. The first-order valence-corrected chi connectivity index (χ1v) is 6.19. The van der Waals surface area contributed by atoms with E-state index < -0.39 is 0 Å². The highest BCUT2D eigenvalue weighted by molar-refractivity contribution is 7.20. The van der Waals surface area contributed by atoms with Gasteiger partial charge < -0.3 is 0 Å². The molecule has 0 saturated heterocycles. The van der Waals surface area contributed by atoms with Crippen LogP contribution in [0.5, 0.6) is 0 Å². The summed E-state index contributed by atoms with van der Waals surface area (Å²) in [4.78, 5) is 2.92. The number of rotatable bonds is 2. The third-order valence-corrected chi connectivity index (χ3v) is 4.33. The van der Waals surface area contributed by atoms with Crippen LogP contribution in [0, 0.1) is 6.92 Å². The van der Waals surface area contributed by atoms with Gasteiger partial charge in [-0.1, -0.05) is 6.92 Å². The first-order valence-electron chi connectivity index (χ1n) is 4.43. The second kappa shape index (κ2) is 3.64. The Bertz CT molecular complexity index is 396. The van der Waals surface area contributed by atoms with Crippen molar-refractivity contribution in [3.8, 4) is 9.75 Å². The van der Waals surface area contributed by atoms with Gasteiger partial charge in [-0.2, -0.15) is 0 Å². The number of aryl methyl sites for hydroxylation is 2.